The van der Waals surface area contributed by atoms with Crippen LogP contribution in [0.3, 0.4) is 0 Å². The highest BCUT2D eigenvalue weighted by Gasteiger charge is 2.22. The Morgan fingerprint density at radius 3 is 2.21 bits per heavy atom. The Labute approximate surface area is 86.9 Å². The SMILES string of the molecule is COC(OC)C(N)CC1CCCCC1. The average molecular weight is 201 g/mol. The van der Waals surface area contributed by atoms with Crippen molar-refractivity contribution in [2.24, 2.45) is 11.7 Å². The van der Waals surface area contributed by atoms with Crippen LogP contribution in [0.5, 0.6) is 0 Å². The highest BCUT2D eigenvalue weighted by Crippen LogP contribution is 2.27. The molecule has 1 fully saturated rings. The molecule has 0 aromatic carbocycles. The van der Waals surface area contributed by atoms with E-state index in [4.69, 9.17) is 15.2 Å². The number of methoxy groups -OCH3 is 2. The van der Waals surface area contributed by atoms with Crippen molar-refractivity contribution in [3.63, 3.8) is 0 Å². The molecule has 1 atom stereocenters. The normalized spacial score (nSPS) is 21.4. The van der Waals surface area contributed by atoms with Crippen LogP contribution in [0.15, 0.2) is 0 Å². The van der Waals surface area contributed by atoms with Gasteiger partial charge in [0.15, 0.2) is 6.29 Å². The van der Waals surface area contributed by atoms with E-state index in [0.717, 1.165) is 12.3 Å². The van der Waals surface area contributed by atoms with E-state index < -0.39 is 0 Å². The first kappa shape index (κ1) is 12.0. The van der Waals surface area contributed by atoms with Crippen molar-refractivity contribution in [1.29, 1.82) is 0 Å². The molecule has 1 rings (SSSR count). The fourth-order valence-corrected chi connectivity index (χ4v) is 2.36. The van der Waals surface area contributed by atoms with Gasteiger partial charge in [0.1, 0.15) is 0 Å². The first-order chi connectivity index (χ1) is 6.77. The van der Waals surface area contributed by atoms with Gasteiger partial charge in [0.2, 0.25) is 0 Å². The Balaban J connectivity index is 2.26. The summed E-state index contributed by atoms with van der Waals surface area (Å²) in [6, 6.07) is 0.0214. The summed E-state index contributed by atoms with van der Waals surface area (Å²) in [6.45, 7) is 0. The number of rotatable bonds is 5. The van der Waals surface area contributed by atoms with E-state index in [9.17, 15) is 0 Å². The number of nitrogens with two attached hydrogens (primary N) is 1. The van der Waals surface area contributed by atoms with Crippen LogP contribution in [0.4, 0.5) is 0 Å². The van der Waals surface area contributed by atoms with Gasteiger partial charge in [0.05, 0.1) is 6.04 Å². The zero-order valence-electron chi connectivity index (χ0n) is 9.37. The highest BCUT2D eigenvalue weighted by atomic mass is 16.7. The Kier molecular flexibility index (Phi) is 5.45. The van der Waals surface area contributed by atoms with Crippen LogP contribution in [0, 0.1) is 5.92 Å². The molecule has 1 saturated carbocycles. The minimum Gasteiger partial charge on any atom is -0.354 e. The predicted octanol–water partition coefficient (Wildman–Crippen LogP) is 1.90. The summed E-state index contributed by atoms with van der Waals surface area (Å²) in [5.74, 6) is 0.784. The minimum absolute atomic E-state index is 0.0214. The first-order valence-electron chi connectivity index (χ1n) is 5.59. The standard InChI is InChI=1S/C11H23NO2/c1-13-11(14-2)10(12)8-9-6-4-3-5-7-9/h9-11H,3-8,12H2,1-2H3. The molecular formula is C11H23NO2. The molecule has 1 aliphatic carbocycles. The molecule has 3 nitrogen and oxygen atoms in total. The molecular weight excluding hydrogens is 178 g/mol. The fourth-order valence-electron chi connectivity index (χ4n) is 2.36. The largest absolute Gasteiger partial charge is 0.354 e. The maximum atomic E-state index is 6.02. The molecule has 14 heavy (non-hydrogen) atoms. The molecule has 0 aliphatic heterocycles. The molecule has 0 amide bonds. The van der Waals surface area contributed by atoms with E-state index in [1.165, 1.54) is 32.1 Å². The average Bonchev–Trinajstić information content (AvgIpc) is 2.21. The second-order valence-electron chi connectivity index (χ2n) is 4.24. The molecule has 0 spiro atoms. The number of hydrogen-bond donors (Lipinski definition) is 1. The molecule has 2 N–H and O–H groups in total. The molecule has 0 saturated heterocycles. The lowest BCUT2D eigenvalue weighted by Gasteiger charge is -2.27. The molecule has 0 bridgehead atoms. The van der Waals surface area contributed by atoms with E-state index in [0.29, 0.717) is 0 Å². The maximum absolute atomic E-state index is 6.02. The van der Waals surface area contributed by atoms with Crippen molar-refractivity contribution in [3.8, 4) is 0 Å². The van der Waals surface area contributed by atoms with Gasteiger partial charge in [0, 0.05) is 14.2 Å². The number of ether oxygens (including phenoxy) is 2. The molecule has 3 heteroatoms. The van der Waals surface area contributed by atoms with Crippen LogP contribution in [0.25, 0.3) is 0 Å². The molecule has 84 valence electrons. The molecule has 0 radical (unpaired) electrons. The van der Waals surface area contributed by atoms with E-state index in [2.05, 4.69) is 0 Å². The van der Waals surface area contributed by atoms with Crippen LogP contribution < -0.4 is 5.73 Å². The summed E-state index contributed by atoms with van der Waals surface area (Å²) in [5, 5.41) is 0. The van der Waals surface area contributed by atoms with Crippen LogP contribution in [0.2, 0.25) is 0 Å². The Morgan fingerprint density at radius 2 is 1.71 bits per heavy atom. The van der Waals surface area contributed by atoms with Crippen LogP contribution in [-0.4, -0.2) is 26.6 Å². The third-order valence-electron chi connectivity index (χ3n) is 3.14. The summed E-state index contributed by atoms with van der Waals surface area (Å²) in [7, 11) is 3.30. The zero-order chi connectivity index (χ0) is 10.4. The van der Waals surface area contributed by atoms with E-state index in [-0.39, 0.29) is 12.3 Å². The van der Waals surface area contributed by atoms with Crippen molar-refractivity contribution < 1.29 is 9.47 Å². The second-order valence-corrected chi connectivity index (χ2v) is 4.24. The molecule has 0 aromatic rings. The van der Waals surface area contributed by atoms with Gasteiger partial charge in [-0.15, -0.1) is 0 Å². The molecule has 1 aliphatic rings. The van der Waals surface area contributed by atoms with Gasteiger partial charge < -0.3 is 15.2 Å². The molecule has 0 heterocycles. The predicted molar refractivity (Wildman–Crippen MR) is 57.0 cm³/mol. The third kappa shape index (κ3) is 3.56. The zero-order valence-corrected chi connectivity index (χ0v) is 9.37. The summed E-state index contributed by atoms with van der Waals surface area (Å²) in [4.78, 5) is 0. The van der Waals surface area contributed by atoms with Crippen LogP contribution in [0.1, 0.15) is 38.5 Å². The smallest absolute Gasteiger partial charge is 0.171 e. The minimum atomic E-state index is -0.239. The van der Waals surface area contributed by atoms with Crippen molar-refractivity contribution in [2.45, 2.75) is 50.9 Å². The third-order valence-corrected chi connectivity index (χ3v) is 3.14. The van der Waals surface area contributed by atoms with Gasteiger partial charge in [-0.1, -0.05) is 32.1 Å². The van der Waals surface area contributed by atoms with Gasteiger partial charge in [-0.2, -0.15) is 0 Å². The quantitative estimate of drug-likeness (QED) is 0.691. The van der Waals surface area contributed by atoms with Crippen molar-refractivity contribution in [3.05, 3.63) is 0 Å². The van der Waals surface area contributed by atoms with Crippen molar-refractivity contribution in [2.75, 3.05) is 14.2 Å². The summed E-state index contributed by atoms with van der Waals surface area (Å²) >= 11 is 0. The lowest BCUT2D eigenvalue weighted by molar-refractivity contribution is -0.119. The lowest BCUT2D eigenvalue weighted by Crippen LogP contribution is -2.39. The highest BCUT2D eigenvalue weighted by molar-refractivity contribution is 4.74. The Hall–Kier alpha value is -0.120. The van der Waals surface area contributed by atoms with Gasteiger partial charge in [0.25, 0.3) is 0 Å². The Bertz CT molecular complexity index is 142. The summed E-state index contributed by atoms with van der Waals surface area (Å²) in [6.07, 6.45) is 7.57. The van der Waals surface area contributed by atoms with Gasteiger partial charge in [-0.05, 0) is 12.3 Å². The van der Waals surface area contributed by atoms with Gasteiger partial charge >= 0.3 is 0 Å². The van der Waals surface area contributed by atoms with Gasteiger partial charge in [-0.3, -0.25) is 0 Å². The monoisotopic (exact) mass is 201 g/mol. The van der Waals surface area contributed by atoms with Crippen LogP contribution >= 0.6 is 0 Å². The maximum Gasteiger partial charge on any atom is 0.171 e. The lowest BCUT2D eigenvalue weighted by atomic mass is 9.85. The van der Waals surface area contributed by atoms with Crippen LogP contribution in [-0.2, 0) is 9.47 Å². The number of hydrogen-bond acceptors (Lipinski definition) is 3. The summed E-state index contributed by atoms with van der Waals surface area (Å²) < 4.78 is 10.3. The van der Waals surface area contributed by atoms with E-state index >= 15 is 0 Å². The van der Waals surface area contributed by atoms with Crippen molar-refractivity contribution in [1.82, 2.24) is 0 Å². The second kappa shape index (κ2) is 6.38. The fraction of sp³-hybridized carbons (Fsp3) is 1.00. The summed E-state index contributed by atoms with van der Waals surface area (Å²) in [5.41, 5.74) is 6.02. The topological polar surface area (TPSA) is 44.5 Å². The molecule has 1 unspecified atom stereocenters. The first-order valence-corrected chi connectivity index (χ1v) is 5.59. The van der Waals surface area contributed by atoms with E-state index in [1.54, 1.807) is 14.2 Å². The Morgan fingerprint density at radius 1 is 1.14 bits per heavy atom. The van der Waals surface area contributed by atoms with E-state index in [1.807, 2.05) is 0 Å². The van der Waals surface area contributed by atoms with Gasteiger partial charge in [-0.25, -0.2) is 0 Å². The molecule has 0 aromatic heterocycles. The van der Waals surface area contributed by atoms with Crippen molar-refractivity contribution >= 4 is 0 Å².